The van der Waals surface area contributed by atoms with Gasteiger partial charge in [0.1, 0.15) is 17.5 Å². The van der Waals surface area contributed by atoms with Gasteiger partial charge in [0.2, 0.25) is 0 Å². The summed E-state index contributed by atoms with van der Waals surface area (Å²) in [5.74, 6) is 1.10. The molecule has 0 spiro atoms. The first-order valence-corrected chi connectivity index (χ1v) is 7.42. The van der Waals surface area contributed by atoms with Crippen molar-refractivity contribution in [3.05, 3.63) is 72.9 Å². The quantitative estimate of drug-likeness (QED) is 0.363. The summed E-state index contributed by atoms with van der Waals surface area (Å²) in [6.45, 7) is 12.1. The zero-order valence-corrected chi connectivity index (χ0v) is 13.8. The number of amidine groups is 3. The lowest BCUT2D eigenvalue weighted by molar-refractivity contribution is 1.22. The first kappa shape index (κ1) is 21.9. The van der Waals surface area contributed by atoms with Gasteiger partial charge in [-0.25, -0.2) is 0 Å². The van der Waals surface area contributed by atoms with E-state index in [0.29, 0.717) is 53.8 Å². The summed E-state index contributed by atoms with van der Waals surface area (Å²) in [5, 5.41) is 0. The van der Waals surface area contributed by atoms with E-state index in [0.717, 1.165) is 0 Å². The fraction of sp³-hybridized carbons (Fsp3) is 0.211. The average molecular weight is 340 g/mol. The van der Waals surface area contributed by atoms with Gasteiger partial charge in [-0.1, -0.05) is 25.7 Å². The Morgan fingerprint density at radius 3 is 1.12 bits per heavy atom. The molecule has 1 aromatic rings. The molecule has 1 rings (SSSR count). The summed E-state index contributed by atoms with van der Waals surface area (Å²) >= 11 is 0. The van der Waals surface area contributed by atoms with E-state index in [2.05, 4.69) is 34.7 Å². The van der Waals surface area contributed by atoms with E-state index in [1.807, 2.05) is 18.2 Å². The van der Waals surface area contributed by atoms with Gasteiger partial charge in [-0.2, -0.15) is 0 Å². The minimum Gasteiger partial charge on any atom is -0.383 e. The molecule has 6 heteroatoms. The molecule has 134 valence electrons. The van der Waals surface area contributed by atoms with Crippen molar-refractivity contribution >= 4 is 17.5 Å². The van der Waals surface area contributed by atoms with Crippen LogP contribution in [0.15, 0.2) is 71.1 Å². The largest absolute Gasteiger partial charge is 0.383 e. The molecule has 0 saturated heterocycles. The minimum atomic E-state index is 0. The van der Waals surface area contributed by atoms with Crippen LogP contribution >= 0.6 is 0 Å². The molecule has 0 atom stereocenters. The number of hydrogen-bond acceptors (Lipinski definition) is 3. The molecule has 0 heterocycles. The Balaban J connectivity index is 0.00000576. The predicted octanol–water partition coefficient (Wildman–Crippen LogP) is 2.00. The van der Waals surface area contributed by atoms with Crippen LogP contribution in [0.1, 0.15) is 24.1 Å². The lowest BCUT2D eigenvalue weighted by atomic mass is 10.0. The van der Waals surface area contributed by atoms with Crippen LogP contribution in [0, 0.1) is 0 Å². The number of benzene rings is 1. The van der Waals surface area contributed by atoms with Crippen LogP contribution < -0.4 is 17.2 Å². The maximum atomic E-state index is 6.03. The Bertz CT molecular complexity index is 590. The van der Waals surface area contributed by atoms with E-state index in [1.54, 1.807) is 18.2 Å². The second-order valence-corrected chi connectivity index (χ2v) is 4.84. The van der Waals surface area contributed by atoms with Gasteiger partial charge in [0.05, 0.1) is 19.6 Å². The Hall–Kier alpha value is -3.15. The lowest BCUT2D eigenvalue weighted by Gasteiger charge is -2.10. The van der Waals surface area contributed by atoms with Crippen molar-refractivity contribution in [2.75, 3.05) is 19.6 Å². The highest BCUT2D eigenvalue weighted by atomic mass is 14.9. The van der Waals surface area contributed by atoms with Gasteiger partial charge in [0, 0.05) is 16.7 Å². The summed E-state index contributed by atoms with van der Waals surface area (Å²) in [7, 11) is 0. The first-order chi connectivity index (χ1) is 11.5. The third-order valence-corrected chi connectivity index (χ3v) is 2.99. The molecule has 0 fully saturated rings. The molecule has 1 aromatic carbocycles. The maximum Gasteiger partial charge on any atom is 0.125 e. The van der Waals surface area contributed by atoms with Crippen molar-refractivity contribution < 1.29 is 0 Å². The SMILES string of the molecule is C.C=CCN=C(N)c1cc(C(N)=NCC=C)cc(C(N)=NCC=C)c1. The molecule has 6 nitrogen and oxygen atoms in total. The topological polar surface area (TPSA) is 115 Å². The van der Waals surface area contributed by atoms with E-state index in [9.17, 15) is 0 Å². The summed E-state index contributed by atoms with van der Waals surface area (Å²) in [6, 6.07) is 5.44. The van der Waals surface area contributed by atoms with Gasteiger partial charge in [0.15, 0.2) is 0 Å². The first-order valence-electron chi connectivity index (χ1n) is 7.42. The molecule has 0 radical (unpaired) electrons. The van der Waals surface area contributed by atoms with Crippen molar-refractivity contribution in [2.24, 2.45) is 32.2 Å². The van der Waals surface area contributed by atoms with Crippen molar-refractivity contribution in [3.8, 4) is 0 Å². The van der Waals surface area contributed by atoms with Gasteiger partial charge in [0.25, 0.3) is 0 Å². The van der Waals surface area contributed by atoms with Crippen molar-refractivity contribution in [1.82, 2.24) is 0 Å². The Morgan fingerprint density at radius 2 is 0.920 bits per heavy atom. The van der Waals surface area contributed by atoms with Crippen molar-refractivity contribution in [3.63, 3.8) is 0 Å². The molecule has 0 aliphatic rings. The van der Waals surface area contributed by atoms with Gasteiger partial charge < -0.3 is 17.2 Å². The van der Waals surface area contributed by atoms with E-state index >= 15 is 0 Å². The van der Waals surface area contributed by atoms with Crippen LogP contribution in [0.2, 0.25) is 0 Å². The molecule has 0 saturated carbocycles. The number of hydrogen-bond donors (Lipinski definition) is 3. The van der Waals surface area contributed by atoms with Crippen LogP contribution in [-0.2, 0) is 0 Å². The van der Waals surface area contributed by atoms with Crippen LogP contribution in [0.25, 0.3) is 0 Å². The normalized spacial score (nSPS) is 12.2. The fourth-order valence-corrected chi connectivity index (χ4v) is 1.83. The standard InChI is InChI=1S/C18H24N6.CH4/c1-4-7-22-16(19)13-10-14(17(20)23-8-5-2)12-15(11-13)18(21)24-9-6-3;/h4-6,10-12H,1-3,7-9H2,(H2,19,22)(H2,20,23)(H2,21,24);1H4. The molecular formula is C19H28N6. The number of nitrogens with zero attached hydrogens (tertiary/aromatic N) is 3. The zero-order valence-electron chi connectivity index (χ0n) is 13.8. The molecule has 25 heavy (non-hydrogen) atoms. The van der Waals surface area contributed by atoms with Gasteiger partial charge in [-0.3, -0.25) is 15.0 Å². The fourth-order valence-electron chi connectivity index (χ4n) is 1.83. The molecule has 0 unspecified atom stereocenters. The Kier molecular flexibility index (Phi) is 9.96. The Labute approximate surface area is 150 Å². The number of nitrogens with two attached hydrogens (primary N) is 3. The minimum absolute atomic E-state index is 0. The smallest absolute Gasteiger partial charge is 0.125 e. The van der Waals surface area contributed by atoms with Crippen molar-refractivity contribution in [2.45, 2.75) is 7.43 Å². The Morgan fingerprint density at radius 1 is 0.680 bits per heavy atom. The molecular weight excluding hydrogens is 312 g/mol. The molecule has 0 bridgehead atoms. The summed E-state index contributed by atoms with van der Waals surface area (Å²) in [6.07, 6.45) is 4.99. The highest BCUT2D eigenvalue weighted by Gasteiger charge is 2.09. The third kappa shape index (κ3) is 6.87. The summed E-state index contributed by atoms with van der Waals surface area (Å²) in [4.78, 5) is 12.7. The predicted molar refractivity (Wildman–Crippen MR) is 111 cm³/mol. The van der Waals surface area contributed by atoms with Crippen LogP contribution in [0.4, 0.5) is 0 Å². The van der Waals surface area contributed by atoms with Crippen LogP contribution in [0.3, 0.4) is 0 Å². The zero-order chi connectivity index (χ0) is 17.9. The average Bonchev–Trinajstić information content (AvgIpc) is 2.61. The molecule has 0 aliphatic carbocycles. The second-order valence-electron chi connectivity index (χ2n) is 4.84. The highest BCUT2D eigenvalue weighted by Crippen LogP contribution is 2.11. The third-order valence-electron chi connectivity index (χ3n) is 2.99. The van der Waals surface area contributed by atoms with Gasteiger partial charge in [-0.05, 0) is 18.2 Å². The van der Waals surface area contributed by atoms with Gasteiger partial charge in [-0.15, -0.1) is 19.7 Å². The van der Waals surface area contributed by atoms with E-state index in [4.69, 9.17) is 17.2 Å². The lowest BCUT2D eigenvalue weighted by Crippen LogP contribution is -2.21. The van der Waals surface area contributed by atoms with Crippen molar-refractivity contribution in [1.29, 1.82) is 0 Å². The monoisotopic (exact) mass is 340 g/mol. The van der Waals surface area contributed by atoms with Crippen LogP contribution in [0.5, 0.6) is 0 Å². The van der Waals surface area contributed by atoms with Gasteiger partial charge >= 0.3 is 0 Å². The van der Waals surface area contributed by atoms with E-state index < -0.39 is 0 Å². The van der Waals surface area contributed by atoms with Crippen LogP contribution in [-0.4, -0.2) is 37.1 Å². The molecule has 0 aliphatic heterocycles. The summed E-state index contributed by atoms with van der Waals surface area (Å²) < 4.78 is 0. The molecule has 6 N–H and O–H groups in total. The van der Waals surface area contributed by atoms with E-state index in [-0.39, 0.29) is 7.43 Å². The highest BCUT2D eigenvalue weighted by molar-refractivity contribution is 6.07. The second kappa shape index (κ2) is 11.4. The molecule has 0 aromatic heterocycles. The number of aliphatic imine (C=N–C) groups is 3. The molecule has 0 amide bonds. The van der Waals surface area contributed by atoms with E-state index in [1.165, 1.54) is 0 Å². The maximum absolute atomic E-state index is 6.03. The number of rotatable bonds is 9. The summed E-state index contributed by atoms with van der Waals surface area (Å²) in [5.41, 5.74) is 20.2.